The van der Waals surface area contributed by atoms with E-state index in [-0.39, 0.29) is 4.21 Å². The summed E-state index contributed by atoms with van der Waals surface area (Å²) >= 11 is 1.06. The van der Waals surface area contributed by atoms with E-state index in [4.69, 9.17) is 9.15 Å². The second-order valence-corrected chi connectivity index (χ2v) is 7.58. The number of aromatic nitrogens is 2. The van der Waals surface area contributed by atoms with Gasteiger partial charge < -0.3 is 9.15 Å². The summed E-state index contributed by atoms with van der Waals surface area (Å²) in [7, 11) is -2.18. The van der Waals surface area contributed by atoms with Crippen LogP contribution in [0.25, 0.3) is 10.8 Å². The molecule has 0 spiro atoms. The van der Waals surface area contributed by atoms with Crippen LogP contribution in [-0.4, -0.2) is 25.7 Å². The van der Waals surface area contributed by atoms with Gasteiger partial charge in [0.05, 0.1) is 17.7 Å². The topological polar surface area (TPSA) is 94.3 Å². The standard InChI is InChI=1S/C14H13N3O4S2/c1-9-15-16-14(21-9)12-6-7-13(22-12)23(18,19)17-10-4-3-5-11(8-10)20-2/h3-8,17H,1-2H3. The third kappa shape index (κ3) is 3.35. The molecule has 2 aromatic heterocycles. The van der Waals surface area contributed by atoms with E-state index in [1.807, 2.05) is 0 Å². The van der Waals surface area contributed by atoms with Crippen molar-refractivity contribution in [2.24, 2.45) is 0 Å². The van der Waals surface area contributed by atoms with Gasteiger partial charge in [0.15, 0.2) is 0 Å². The van der Waals surface area contributed by atoms with Gasteiger partial charge in [0.25, 0.3) is 15.9 Å². The molecule has 0 aliphatic carbocycles. The molecule has 1 N–H and O–H groups in total. The van der Waals surface area contributed by atoms with Crippen LogP contribution in [0.15, 0.2) is 45.0 Å². The number of aryl methyl sites for hydroxylation is 1. The molecular weight excluding hydrogens is 338 g/mol. The number of hydrogen-bond donors (Lipinski definition) is 1. The van der Waals surface area contributed by atoms with E-state index in [1.54, 1.807) is 37.3 Å². The minimum atomic E-state index is -3.70. The second kappa shape index (κ2) is 6.01. The minimum absolute atomic E-state index is 0.158. The molecule has 1 aromatic carbocycles. The van der Waals surface area contributed by atoms with E-state index >= 15 is 0 Å². The van der Waals surface area contributed by atoms with E-state index in [2.05, 4.69) is 14.9 Å². The Balaban J connectivity index is 1.86. The number of rotatable bonds is 5. The fourth-order valence-corrected chi connectivity index (χ4v) is 4.14. The number of hydrogen-bond acceptors (Lipinski definition) is 7. The van der Waals surface area contributed by atoms with Crippen molar-refractivity contribution in [3.63, 3.8) is 0 Å². The van der Waals surface area contributed by atoms with E-state index < -0.39 is 10.0 Å². The van der Waals surface area contributed by atoms with Gasteiger partial charge in [-0.3, -0.25) is 4.72 Å². The monoisotopic (exact) mass is 351 g/mol. The number of sulfonamides is 1. The van der Waals surface area contributed by atoms with Gasteiger partial charge in [-0.25, -0.2) is 8.42 Å². The highest BCUT2D eigenvalue weighted by molar-refractivity contribution is 7.94. The summed E-state index contributed by atoms with van der Waals surface area (Å²) in [6.45, 7) is 1.67. The van der Waals surface area contributed by atoms with Crippen molar-refractivity contribution in [3.8, 4) is 16.5 Å². The molecule has 0 bridgehead atoms. The van der Waals surface area contributed by atoms with Crippen LogP contribution in [-0.2, 0) is 10.0 Å². The average molecular weight is 351 g/mol. The first-order valence-electron chi connectivity index (χ1n) is 6.55. The highest BCUT2D eigenvalue weighted by atomic mass is 32.2. The lowest BCUT2D eigenvalue weighted by Gasteiger charge is -2.07. The third-order valence-corrected chi connectivity index (χ3v) is 5.85. The number of methoxy groups -OCH3 is 1. The van der Waals surface area contributed by atoms with E-state index in [1.165, 1.54) is 13.2 Å². The van der Waals surface area contributed by atoms with E-state index in [9.17, 15) is 8.42 Å². The van der Waals surface area contributed by atoms with Crippen molar-refractivity contribution in [1.29, 1.82) is 0 Å². The van der Waals surface area contributed by atoms with Crippen molar-refractivity contribution >= 4 is 27.0 Å². The predicted octanol–water partition coefficient (Wildman–Crippen LogP) is 2.92. The molecule has 0 saturated heterocycles. The molecule has 0 radical (unpaired) electrons. The van der Waals surface area contributed by atoms with Crippen molar-refractivity contribution in [3.05, 3.63) is 42.3 Å². The van der Waals surface area contributed by atoms with Gasteiger partial charge in [-0.15, -0.1) is 21.5 Å². The number of ether oxygens (including phenoxy) is 1. The Hall–Kier alpha value is -2.39. The molecule has 0 saturated carbocycles. The fourth-order valence-electron chi connectivity index (χ4n) is 1.87. The highest BCUT2D eigenvalue weighted by Gasteiger charge is 2.19. The third-order valence-electron chi connectivity index (χ3n) is 2.90. The number of thiophene rings is 1. The molecule has 3 aromatic rings. The molecule has 0 atom stereocenters. The molecule has 0 aliphatic rings. The molecule has 7 nitrogen and oxygen atoms in total. The number of nitrogens with zero attached hydrogens (tertiary/aromatic N) is 2. The van der Waals surface area contributed by atoms with Gasteiger partial charge in [-0.05, 0) is 24.3 Å². The van der Waals surface area contributed by atoms with Crippen LogP contribution in [0.5, 0.6) is 5.75 Å². The van der Waals surface area contributed by atoms with Crippen molar-refractivity contribution < 1.29 is 17.6 Å². The summed E-state index contributed by atoms with van der Waals surface area (Å²) < 4.78 is 37.9. The molecule has 0 aliphatic heterocycles. The Morgan fingerprint density at radius 3 is 2.74 bits per heavy atom. The van der Waals surface area contributed by atoms with Crippen LogP contribution in [0.1, 0.15) is 5.89 Å². The largest absolute Gasteiger partial charge is 0.497 e. The first kappa shape index (κ1) is 15.5. The van der Waals surface area contributed by atoms with Gasteiger partial charge in [-0.2, -0.15) is 0 Å². The number of anilines is 1. The van der Waals surface area contributed by atoms with E-state index in [0.29, 0.717) is 28.1 Å². The molecule has 0 fully saturated rings. The molecule has 3 rings (SSSR count). The van der Waals surface area contributed by atoms with Crippen molar-refractivity contribution in [2.45, 2.75) is 11.1 Å². The Labute approximate surface area is 137 Å². The Morgan fingerprint density at radius 1 is 1.22 bits per heavy atom. The van der Waals surface area contributed by atoms with Crippen LogP contribution in [0, 0.1) is 6.92 Å². The van der Waals surface area contributed by atoms with E-state index in [0.717, 1.165) is 11.3 Å². The van der Waals surface area contributed by atoms with Crippen LogP contribution in [0.2, 0.25) is 0 Å². The molecule has 9 heteroatoms. The zero-order valence-corrected chi connectivity index (χ0v) is 13.9. The van der Waals surface area contributed by atoms with Crippen LogP contribution in [0.4, 0.5) is 5.69 Å². The minimum Gasteiger partial charge on any atom is -0.497 e. The normalized spacial score (nSPS) is 11.4. The number of benzene rings is 1. The molecule has 120 valence electrons. The number of nitrogens with one attached hydrogen (secondary N) is 1. The zero-order chi connectivity index (χ0) is 16.4. The van der Waals surface area contributed by atoms with Gasteiger partial charge in [-0.1, -0.05) is 6.07 Å². The summed E-state index contributed by atoms with van der Waals surface area (Å²) in [5.41, 5.74) is 0.424. The molecule has 23 heavy (non-hydrogen) atoms. The predicted molar refractivity (Wildman–Crippen MR) is 86.2 cm³/mol. The summed E-state index contributed by atoms with van der Waals surface area (Å²) in [6, 6.07) is 9.83. The Morgan fingerprint density at radius 2 is 2.04 bits per heavy atom. The van der Waals surface area contributed by atoms with Crippen LogP contribution >= 0.6 is 11.3 Å². The molecular formula is C14H13N3O4S2. The van der Waals surface area contributed by atoms with Gasteiger partial charge in [0.1, 0.15) is 9.96 Å². The fraction of sp³-hybridized carbons (Fsp3) is 0.143. The Bertz CT molecular complexity index is 931. The summed E-state index contributed by atoms with van der Waals surface area (Å²) in [5.74, 6) is 1.29. The van der Waals surface area contributed by atoms with Crippen molar-refractivity contribution in [2.75, 3.05) is 11.8 Å². The Kier molecular flexibility index (Phi) is 4.05. The molecule has 0 amide bonds. The maximum Gasteiger partial charge on any atom is 0.271 e. The van der Waals surface area contributed by atoms with Gasteiger partial charge in [0, 0.05) is 13.0 Å². The maximum atomic E-state index is 12.4. The first-order valence-corrected chi connectivity index (χ1v) is 8.85. The quantitative estimate of drug-likeness (QED) is 0.759. The smallest absolute Gasteiger partial charge is 0.271 e. The average Bonchev–Trinajstić information content (AvgIpc) is 3.16. The summed E-state index contributed by atoms with van der Waals surface area (Å²) in [4.78, 5) is 0.594. The van der Waals surface area contributed by atoms with Gasteiger partial charge in [0.2, 0.25) is 5.89 Å². The van der Waals surface area contributed by atoms with Crippen LogP contribution < -0.4 is 9.46 Å². The van der Waals surface area contributed by atoms with Gasteiger partial charge >= 0.3 is 0 Å². The summed E-state index contributed by atoms with van der Waals surface area (Å²) in [5, 5.41) is 7.61. The SMILES string of the molecule is COc1cccc(NS(=O)(=O)c2ccc(-c3nnc(C)o3)s2)c1. The lowest BCUT2D eigenvalue weighted by molar-refractivity contribution is 0.415. The second-order valence-electron chi connectivity index (χ2n) is 4.58. The van der Waals surface area contributed by atoms with Crippen LogP contribution in [0.3, 0.4) is 0 Å². The highest BCUT2D eigenvalue weighted by Crippen LogP contribution is 2.31. The first-order chi connectivity index (χ1) is 11.0. The zero-order valence-electron chi connectivity index (χ0n) is 12.3. The lowest BCUT2D eigenvalue weighted by Crippen LogP contribution is -2.11. The van der Waals surface area contributed by atoms with Crippen molar-refractivity contribution in [1.82, 2.24) is 10.2 Å². The molecule has 2 heterocycles. The molecule has 0 unspecified atom stereocenters. The lowest BCUT2D eigenvalue weighted by atomic mass is 10.3. The maximum absolute atomic E-state index is 12.4. The summed E-state index contributed by atoms with van der Waals surface area (Å²) in [6.07, 6.45) is 0.